The number of carbonyl (C=O) groups excluding carboxylic acids is 2. The fraction of sp³-hybridized carbons (Fsp3) is 0.143. The monoisotopic (exact) mass is 421 g/mol. The maximum Gasteiger partial charge on any atom is 0.262 e. The largest absolute Gasteiger partial charge is 0.479 e. The summed E-state index contributed by atoms with van der Waals surface area (Å²) < 4.78 is 7.70. The van der Waals surface area contributed by atoms with Gasteiger partial charge < -0.3 is 15.4 Å². The van der Waals surface area contributed by atoms with Crippen molar-refractivity contribution in [1.82, 2.24) is 14.8 Å². The number of carbonyl (C=O) groups is 2. The molecular formula is C21H19N5O3S. The first kappa shape index (κ1) is 19.6. The molecule has 0 aliphatic rings. The second-order valence-corrected chi connectivity index (χ2v) is 7.86. The molecule has 2 heterocycles. The van der Waals surface area contributed by atoms with Crippen LogP contribution in [0, 0.1) is 6.92 Å². The van der Waals surface area contributed by atoms with E-state index in [0.29, 0.717) is 22.5 Å². The number of aryl methyl sites for hydroxylation is 2. The van der Waals surface area contributed by atoms with Gasteiger partial charge in [-0.15, -0.1) is 16.4 Å². The van der Waals surface area contributed by atoms with Gasteiger partial charge in [-0.05, 0) is 49.4 Å². The zero-order chi connectivity index (χ0) is 21.3. The average molecular weight is 421 g/mol. The van der Waals surface area contributed by atoms with E-state index in [1.807, 2.05) is 25.1 Å². The highest BCUT2D eigenvalue weighted by Crippen LogP contribution is 2.25. The van der Waals surface area contributed by atoms with Crippen LogP contribution in [0.15, 0.2) is 48.7 Å². The van der Waals surface area contributed by atoms with Crippen LogP contribution < -0.4 is 15.4 Å². The van der Waals surface area contributed by atoms with Gasteiger partial charge >= 0.3 is 0 Å². The zero-order valence-electron chi connectivity index (χ0n) is 16.6. The summed E-state index contributed by atoms with van der Waals surface area (Å²) in [6, 6.07) is 12.3. The number of rotatable bonds is 5. The van der Waals surface area contributed by atoms with Gasteiger partial charge in [-0.2, -0.15) is 0 Å². The van der Waals surface area contributed by atoms with E-state index in [0.717, 1.165) is 15.2 Å². The molecular weight excluding hydrogens is 402 g/mol. The fourth-order valence-corrected chi connectivity index (χ4v) is 3.81. The zero-order valence-corrected chi connectivity index (χ0v) is 17.4. The number of thiazole rings is 1. The van der Waals surface area contributed by atoms with Gasteiger partial charge in [0.05, 0.1) is 22.3 Å². The molecule has 0 saturated carbocycles. The van der Waals surface area contributed by atoms with Gasteiger partial charge in [-0.3, -0.25) is 14.3 Å². The molecule has 0 radical (unpaired) electrons. The summed E-state index contributed by atoms with van der Waals surface area (Å²) in [5.41, 5.74) is 2.90. The molecule has 2 aromatic heterocycles. The Labute approximate surface area is 176 Å². The summed E-state index contributed by atoms with van der Waals surface area (Å²) in [6.45, 7) is 1.95. The van der Waals surface area contributed by atoms with Crippen molar-refractivity contribution in [3.8, 4) is 5.88 Å². The molecule has 0 fully saturated rings. The van der Waals surface area contributed by atoms with Gasteiger partial charge in [0.25, 0.3) is 11.8 Å². The van der Waals surface area contributed by atoms with E-state index in [9.17, 15) is 9.59 Å². The quantitative estimate of drug-likeness (QED) is 0.510. The van der Waals surface area contributed by atoms with Crippen LogP contribution in [0.25, 0.3) is 10.2 Å². The number of anilines is 2. The lowest BCUT2D eigenvalue weighted by Gasteiger charge is -2.08. The van der Waals surface area contributed by atoms with Crippen LogP contribution in [0.2, 0.25) is 0 Å². The van der Waals surface area contributed by atoms with E-state index >= 15 is 0 Å². The Morgan fingerprint density at radius 2 is 1.73 bits per heavy atom. The van der Waals surface area contributed by atoms with Crippen molar-refractivity contribution in [2.45, 2.75) is 6.92 Å². The lowest BCUT2D eigenvalue weighted by atomic mass is 10.1. The number of nitrogens with zero attached hydrogens (tertiary/aromatic N) is 3. The SMILES string of the molecule is COc1nn(C)cc1C(=O)Nc1ccc(C(=O)Nc2ccc3sc(C)nc3c2)cc1. The molecule has 9 heteroatoms. The topological polar surface area (TPSA) is 98.1 Å². The maximum atomic E-state index is 12.6. The minimum absolute atomic E-state index is 0.242. The Morgan fingerprint density at radius 3 is 2.47 bits per heavy atom. The third-order valence-corrected chi connectivity index (χ3v) is 5.34. The molecule has 4 rings (SSSR count). The first-order chi connectivity index (χ1) is 14.4. The summed E-state index contributed by atoms with van der Waals surface area (Å²) in [6.07, 6.45) is 1.58. The van der Waals surface area contributed by atoms with Gasteiger partial charge in [0.2, 0.25) is 5.88 Å². The second-order valence-electron chi connectivity index (χ2n) is 6.63. The Hall–Kier alpha value is -3.72. The third kappa shape index (κ3) is 4.01. The Bertz CT molecular complexity index is 1240. The number of ether oxygens (including phenoxy) is 1. The molecule has 8 nitrogen and oxygen atoms in total. The highest BCUT2D eigenvalue weighted by Gasteiger charge is 2.16. The Balaban J connectivity index is 1.44. The van der Waals surface area contributed by atoms with E-state index in [-0.39, 0.29) is 17.7 Å². The smallest absolute Gasteiger partial charge is 0.262 e. The lowest BCUT2D eigenvalue weighted by Crippen LogP contribution is -2.14. The van der Waals surface area contributed by atoms with Crippen molar-refractivity contribution < 1.29 is 14.3 Å². The molecule has 2 N–H and O–H groups in total. The maximum absolute atomic E-state index is 12.6. The van der Waals surface area contributed by atoms with Crippen molar-refractivity contribution in [3.05, 3.63) is 64.8 Å². The molecule has 4 aromatic rings. The van der Waals surface area contributed by atoms with Crippen LogP contribution in [0.5, 0.6) is 5.88 Å². The van der Waals surface area contributed by atoms with E-state index in [1.165, 1.54) is 11.8 Å². The van der Waals surface area contributed by atoms with Crippen LogP contribution in [0.1, 0.15) is 25.7 Å². The summed E-state index contributed by atoms with van der Waals surface area (Å²) in [7, 11) is 3.17. The van der Waals surface area contributed by atoms with Crippen LogP contribution >= 0.6 is 11.3 Å². The minimum Gasteiger partial charge on any atom is -0.479 e. The van der Waals surface area contributed by atoms with Crippen LogP contribution in [0.3, 0.4) is 0 Å². The fourth-order valence-electron chi connectivity index (χ4n) is 3.00. The predicted molar refractivity (Wildman–Crippen MR) is 116 cm³/mol. The molecule has 0 unspecified atom stereocenters. The van der Waals surface area contributed by atoms with Crippen LogP contribution in [-0.4, -0.2) is 33.7 Å². The molecule has 0 spiro atoms. The first-order valence-corrected chi connectivity index (χ1v) is 9.92. The van der Waals surface area contributed by atoms with Gasteiger partial charge in [-0.1, -0.05) is 0 Å². The highest BCUT2D eigenvalue weighted by molar-refractivity contribution is 7.18. The number of methoxy groups -OCH3 is 1. The molecule has 152 valence electrons. The minimum atomic E-state index is -0.344. The number of hydrogen-bond acceptors (Lipinski definition) is 6. The Morgan fingerprint density at radius 1 is 1.03 bits per heavy atom. The summed E-state index contributed by atoms with van der Waals surface area (Å²) in [4.78, 5) is 29.4. The molecule has 0 bridgehead atoms. The second kappa shape index (κ2) is 7.96. The van der Waals surface area contributed by atoms with Crippen molar-refractivity contribution in [2.24, 2.45) is 7.05 Å². The molecule has 30 heavy (non-hydrogen) atoms. The number of nitrogens with one attached hydrogen (secondary N) is 2. The van der Waals surface area contributed by atoms with Crippen molar-refractivity contribution in [2.75, 3.05) is 17.7 Å². The molecule has 2 aromatic carbocycles. The summed E-state index contributed by atoms with van der Waals surface area (Å²) in [5.74, 6) is -0.338. The van der Waals surface area contributed by atoms with Crippen molar-refractivity contribution in [1.29, 1.82) is 0 Å². The average Bonchev–Trinajstić information content (AvgIpc) is 3.29. The van der Waals surface area contributed by atoms with Crippen LogP contribution in [-0.2, 0) is 7.05 Å². The van der Waals surface area contributed by atoms with Crippen LogP contribution in [0.4, 0.5) is 11.4 Å². The van der Waals surface area contributed by atoms with Gasteiger partial charge in [0, 0.05) is 30.2 Å². The van der Waals surface area contributed by atoms with E-state index in [4.69, 9.17) is 4.74 Å². The lowest BCUT2D eigenvalue weighted by molar-refractivity contribution is 0.101. The molecule has 0 atom stereocenters. The third-order valence-electron chi connectivity index (χ3n) is 4.39. The molecule has 0 aliphatic carbocycles. The number of aromatic nitrogens is 3. The molecule has 2 amide bonds. The van der Waals surface area contributed by atoms with E-state index in [2.05, 4.69) is 20.7 Å². The van der Waals surface area contributed by atoms with Crippen molar-refractivity contribution >= 4 is 44.7 Å². The predicted octanol–water partition coefficient (Wildman–Crippen LogP) is 3.85. The summed E-state index contributed by atoms with van der Waals surface area (Å²) in [5, 5.41) is 10.7. The van der Waals surface area contributed by atoms with Gasteiger partial charge in [0.15, 0.2) is 0 Å². The van der Waals surface area contributed by atoms with Gasteiger partial charge in [0.1, 0.15) is 5.56 Å². The molecule has 0 saturated heterocycles. The normalized spacial score (nSPS) is 10.8. The molecule has 0 aliphatic heterocycles. The standard InChI is InChI=1S/C21H19N5O3S/c1-12-22-17-10-15(8-9-18(17)30-12)24-19(27)13-4-6-14(7-5-13)23-20(28)16-11-26(2)25-21(16)29-3/h4-11H,1-3H3,(H,23,28)(H,24,27). The van der Waals surface area contributed by atoms with E-state index < -0.39 is 0 Å². The number of fused-ring (bicyclic) bond motifs is 1. The first-order valence-electron chi connectivity index (χ1n) is 9.10. The number of hydrogen-bond donors (Lipinski definition) is 2. The number of benzene rings is 2. The Kier molecular flexibility index (Phi) is 5.20. The number of amides is 2. The highest BCUT2D eigenvalue weighted by atomic mass is 32.1. The summed E-state index contributed by atoms with van der Waals surface area (Å²) >= 11 is 1.61. The van der Waals surface area contributed by atoms with Gasteiger partial charge in [-0.25, -0.2) is 4.98 Å². The van der Waals surface area contributed by atoms with E-state index in [1.54, 1.807) is 48.8 Å². The van der Waals surface area contributed by atoms with Crippen molar-refractivity contribution in [3.63, 3.8) is 0 Å².